The van der Waals surface area contributed by atoms with Crippen LogP contribution < -0.4 is 20.7 Å². The van der Waals surface area contributed by atoms with Crippen molar-refractivity contribution in [1.29, 1.82) is 0 Å². The number of nitrogens with one attached hydrogen (secondary N) is 1. The Morgan fingerprint density at radius 2 is 2.23 bits per heavy atom. The Morgan fingerprint density at radius 3 is 2.82 bits per heavy atom. The molecule has 1 fully saturated rings. The quantitative estimate of drug-likeness (QED) is 0.836. The van der Waals surface area contributed by atoms with Crippen LogP contribution >= 0.6 is 12.4 Å². The van der Waals surface area contributed by atoms with Gasteiger partial charge in [0, 0.05) is 31.1 Å². The van der Waals surface area contributed by atoms with Crippen LogP contribution in [0.15, 0.2) is 18.2 Å². The van der Waals surface area contributed by atoms with E-state index in [1.165, 1.54) is 0 Å². The molecule has 22 heavy (non-hydrogen) atoms. The number of halogens is 1. The molecular formula is C15H22ClN3O3. The highest BCUT2D eigenvalue weighted by Gasteiger charge is 2.24. The molecule has 1 aromatic carbocycles. The number of benzene rings is 1. The average molecular weight is 328 g/mol. The molecule has 2 rings (SSSR count). The number of rotatable bonds is 6. The first-order chi connectivity index (χ1) is 10.2. The average Bonchev–Trinajstić information content (AvgIpc) is 2.91. The minimum absolute atomic E-state index is 0. The van der Waals surface area contributed by atoms with Crippen LogP contribution in [0.3, 0.4) is 0 Å². The first kappa shape index (κ1) is 18.3. The third-order valence-corrected chi connectivity index (χ3v) is 3.44. The zero-order valence-electron chi connectivity index (χ0n) is 12.6. The zero-order valence-corrected chi connectivity index (χ0v) is 13.4. The van der Waals surface area contributed by atoms with Crippen molar-refractivity contribution in [2.75, 3.05) is 30.4 Å². The number of hydrogen-bond acceptors (Lipinski definition) is 4. The van der Waals surface area contributed by atoms with Crippen LogP contribution in [0.2, 0.25) is 0 Å². The fraction of sp³-hybridized carbons (Fsp3) is 0.467. The van der Waals surface area contributed by atoms with Crippen LogP contribution in [0.4, 0.5) is 11.4 Å². The minimum atomic E-state index is -0.0764. The second-order valence-corrected chi connectivity index (χ2v) is 4.98. The van der Waals surface area contributed by atoms with Gasteiger partial charge >= 0.3 is 0 Å². The molecule has 0 aromatic heterocycles. The molecule has 0 radical (unpaired) electrons. The van der Waals surface area contributed by atoms with Crippen molar-refractivity contribution in [3.8, 4) is 5.75 Å². The van der Waals surface area contributed by atoms with E-state index in [4.69, 9.17) is 10.5 Å². The van der Waals surface area contributed by atoms with E-state index in [9.17, 15) is 9.59 Å². The number of nitrogens with two attached hydrogens (primary N) is 1. The zero-order chi connectivity index (χ0) is 15.2. The van der Waals surface area contributed by atoms with Crippen molar-refractivity contribution in [1.82, 2.24) is 0 Å². The van der Waals surface area contributed by atoms with Crippen LogP contribution in [-0.4, -0.2) is 32.0 Å². The topological polar surface area (TPSA) is 84.7 Å². The van der Waals surface area contributed by atoms with E-state index < -0.39 is 0 Å². The van der Waals surface area contributed by atoms with E-state index in [2.05, 4.69) is 5.32 Å². The van der Waals surface area contributed by atoms with Gasteiger partial charge in [-0.1, -0.05) is 0 Å². The molecule has 1 aliphatic rings. The number of nitrogens with zero attached hydrogens (tertiary/aromatic N) is 1. The second-order valence-electron chi connectivity index (χ2n) is 4.98. The maximum Gasteiger partial charge on any atom is 0.227 e. The third kappa shape index (κ3) is 4.35. The van der Waals surface area contributed by atoms with Gasteiger partial charge in [0.1, 0.15) is 5.75 Å². The fourth-order valence-corrected chi connectivity index (χ4v) is 2.37. The molecule has 1 saturated heterocycles. The Kier molecular flexibility index (Phi) is 7.14. The standard InChI is InChI=1S/C15H21N3O3.ClH/c1-21-13-10-11(17-14(19)4-2-8-16)6-7-12(13)18-9-3-5-15(18)20;/h6-7,10H,2-5,8-9,16H2,1H3,(H,17,19);1H. The van der Waals surface area contributed by atoms with Crippen LogP contribution in [0.5, 0.6) is 5.75 Å². The summed E-state index contributed by atoms with van der Waals surface area (Å²) >= 11 is 0. The smallest absolute Gasteiger partial charge is 0.227 e. The Balaban J connectivity index is 0.00000242. The number of carbonyl (C=O) groups is 2. The summed E-state index contributed by atoms with van der Waals surface area (Å²) in [6.07, 6.45) is 2.48. The molecule has 1 heterocycles. The van der Waals surface area contributed by atoms with Gasteiger partial charge in [0.2, 0.25) is 11.8 Å². The maximum atomic E-state index is 11.8. The summed E-state index contributed by atoms with van der Waals surface area (Å²) in [6, 6.07) is 5.33. The van der Waals surface area contributed by atoms with Crippen molar-refractivity contribution >= 4 is 35.6 Å². The van der Waals surface area contributed by atoms with Gasteiger partial charge in [-0.3, -0.25) is 9.59 Å². The highest BCUT2D eigenvalue weighted by atomic mass is 35.5. The highest BCUT2D eigenvalue weighted by Crippen LogP contribution is 2.33. The molecule has 0 unspecified atom stereocenters. The molecule has 122 valence electrons. The molecule has 3 N–H and O–H groups in total. The summed E-state index contributed by atoms with van der Waals surface area (Å²) in [5.74, 6) is 0.613. The first-order valence-electron chi connectivity index (χ1n) is 7.14. The predicted molar refractivity (Wildman–Crippen MR) is 88.7 cm³/mol. The lowest BCUT2D eigenvalue weighted by Crippen LogP contribution is -2.24. The Bertz CT molecular complexity index is 537. The molecule has 0 aliphatic carbocycles. The van der Waals surface area contributed by atoms with Gasteiger partial charge in [-0.15, -0.1) is 12.4 Å². The van der Waals surface area contributed by atoms with Gasteiger partial charge in [0.25, 0.3) is 0 Å². The summed E-state index contributed by atoms with van der Waals surface area (Å²) < 4.78 is 5.34. The van der Waals surface area contributed by atoms with Crippen molar-refractivity contribution in [3.05, 3.63) is 18.2 Å². The van der Waals surface area contributed by atoms with E-state index in [-0.39, 0.29) is 24.2 Å². The van der Waals surface area contributed by atoms with Gasteiger partial charge in [-0.25, -0.2) is 0 Å². The summed E-state index contributed by atoms with van der Waals surface area (Å²) in [5.41, 5.74) is 6.79. The molecule has 0 spiro atoms. The van der Waals surface area contributed by atoms with Crippen molar-refractivity contribution in [3.63, 3.8) is 0 Å². The summed E-state index contributed by atoms with van der Waals surface area (Å²) in [4.78, 5) is 25.2. The summed E-state index contributed by atoms with van der Waals surface area (Å²) in [7, 11) is 1.55. The van der Waals surface area contributed by atoms with Crippen LogP contribution in [0.1, 0.15) is 25.7 Å². The number of hydrogen-bond donors (Lipinski definition) is 2. The van der Waals surface area contributed by atoms with Gasteiger partial charge in [-0.2, -0.15) is 0 Å². The minimum Gasteiger partial charge on any atom is -0.494 e. The van der Waals surface area contributed by atoms with Gasteiger partial charge in [0.15, 0.2) is 0 Å². The Labute approximate surface area is 136 Å². The highest BCUT2D eigenvalue weighted by molar-refractivity contribution is 5.97. The largest absolute Gasteiger partial charge is 0.494 e. The predicted octanol–water partition coefficient (Wildman–Crippen LogP) is 1.92. The lowest BCUT2D eigenvalue weighted by atomic mass is 10.2. The molecule has 0 bridgehead atoms. The molecular weight excluding hydrogens is 306 g/mol. The summed E-state index contributed by atoms with van der Waals surface area (Å²) in [5, 5.41) is 2.80. The second kappa shape index (κ2) is 8.60. The van der Waals surface area contributed by atoms with Crippen molar-refractivity contribution < 1.29 is 14.3 Å². The lowest BCUT2D eigenvalue weighted by Gasteiger charge is -2.19. The molecule has 6 nitrogen and oxygen atoms in total. The van der Waals surface area contributed by atoms with Crippen LogP contribution in [0.25, 0.3) is 0 Å². The molecule has 1 aliphatic heterocycles. The maximum absolute atomic E-state index is 11.8. The Hall–Kier alpha value is -1.79. The SMILES string of the molecule is COc1cc(NC(=O)CCCN)ccc1N1CCCC1=O.Cl. The fourth-order valence-electron chi connectivity index (χ4n) is 2.37. The van der Waals surface area contributed by atoms with Crippen molar-refractivity contribution in [2.45, 2.75) is 25.7 Å². The van der Waals surface area contributed by atoms with Gasteiger partial charge in [-0.05, 0) is 31.5 Å². The number of amides is 2. The molecule has 1 aromatic rings. The number of ether oxygens (including phenoxy) is 1. The van der Waals surface area contributed by atoms with E-state index in [0.29, 0.717) is 43.8 Å². The molecule has 0 saturated carbocycles. The summed E-state index contributed by atoms with van der Waals surface area (Å²) in [6.45, 7) is 1.20. The lowest BCUT2D eigenvalue weighted by molar-refractivity contribution is -0.117. The Morgan fingerprint density at radius 1 is 1.45 bits per heavy atom. The van der Waals surface area contributed by atoms with E-state index in [1.54, 1.807) is 30.2 Å². The third-order valence-electron chi connectivity index (χ3n) is 3.44. The normalized spacial score (nSPS) is 13.7. The molecule has 7 heteroatoms. The van der Waals surface area contributed by atoms with Crippen LogP contribution in [-0.2, 0) is 9.59 Å². The number of methoxy groups -OCH3 is 1. The van der Waals surface area contributed by atoms with Crippen LogP contribution in [0, 0.1) is 0 Å². The van der Waals surface area contributed by atoms with Gasteiger partial charge in [0.05, 0.1) is 12.8 Å². The first-order valence-corrected chi connectivity index (χ1v) is 7.14. The monoisotopic (exact) mass is 327 g/mol. The van der Waals surface area contributed by atoms with Crippen molar-refractivity contribution in [2.24, 2.45) is 5.73 Å². The molecule has 0 atom stereocenters. The van der Waals surface area contributed by atoms with E-state index in [1.807, 2.05) is 0 Å². The van der Waals surface area contributed by atoms with Gasteiger partial charge < -0.3 is 20.7 Å². The number of anilines is 2. The molecule has 2 amide bonds. The number of carbonyl (C=O) groups excluding carboxylic acids is 2. The van der Waals surface area contributed by atoms with E-state index in [0.717, 1.165) is 12.1 Å². The van der Waals surface area contributed by atoms with E-state index >= 15 is 0 Å².